The summed E-state index contributed by atoms with van der Waals surface area (Å²) in [6.07, 6.45) is 6.23. The van der Waals surface area contributed by atoms with Gasteiger partial charge in [0.15, 0.2) is 0 Å². The zero-order chi connectivity index (χ0) is 20.2. The van der Waals surface area contributed by atoms with Gasteiger partial charge in [-0.1, -0.05) is 32.8 Å². The lowest BCUT2D eigenvalue weighted by molar-refractivity contribution is -0.124. The molecule has 3 heterocycles. The van der Waals surface area contributed by atoms with Gasteiger partial charge >= 0.3 is 0 Å². The Bertz CT molecular complexity index is 990. The second-order valence-corrected chi connectivity index (χ2v) is 8.86. The average Bonchev–Trinajstić information content (AvgIpc) is 3.36. The van der Waals surface area contributed by atoms with E-state index in [1.807, 2.05) is 6.07 Å². The van der Waals surface area contributed by atoms with Gasteiger partial charge in [0, 0.05) is 12.5 Å². The highest BCUT2D eigenvalue weighted by atomic mass is 16.5. The minimum Gasteiger partial charge on any atom is -0.439 e. The van der Waals surface area contributed by atoms with Crippen molar-refractivity contribution in [3.8, 4) is 11.6 Å². The molecule has 3 aliphatic rings. The lowest BCUT2D eigenvalue weighted by atomic mass is 9.91. The fraction of sp³-hybridized carbons (Fsp3) is 0.435. The number of imide groups is 1. The molecule has 150 valence electrons. The maximum Gasteiger partial charge on any atom is 0.239 e. The van der Waals surface area contributed by atoms with E-state index in [9.17, 15) is 9.59 Å². The third-order valence-electron chi connectivity index (χ3n) is 6.31. The predicted molar refractivity (Wildman–Crippen MR) is 107 cm³/mol. The van der Waals surface area contributed by atoms with Crippen LogP contribution in [0.3, 0.4) is 0 Å². The lowest BCUT2D eigenvalue weighted by Crippen LogP contribution is -2.32. The second-order valence-electron chi connectivity index (χ2n) is 8.86. The number of hydrogen-bond donors (Lipinski definition) is 0. The molecule has 2 aliphatic heterocycles. The van der Waals surface area contributed by atoms with Crippen molar-refractivity contribution in [1.82, 2.24) is 4.98 Å². The third kappa shape index (κ3) is 2.94. The number of pyridine rings is 1. The van der Waals surface area contributed by atoms with E-state index in [2.05, 4.69) is 17.1 Å². The molecule has 0 radical (unpaired) electrons. The van der Waals surface area contributed by atoms with Crippen molar-refractivity contribution in [1.29, 1.82) is 0 Å². The summed E-state index contributed by atoms with van der Waals surface area (Å²) in [6, 6.07) is 9.46. The van der Waals surface area contributed by atoms with E-state index in [0.29, 0.717) is 18.2 Å². The zero-order valence-electron chi connectivity index (χ0n) is 16.7. The molecule has 0 unspecified atom stereocenters. The number of aromatic nitrogens is 1. The number of carbonyl (C=O) groups is 2. The molecule has 1 aromatic heterocycles. The molecule has 1 aromatic carbocycles. The van der Waals surface area contributed by atoms with Crippen LogP contribution in [0.1, 0.15) is 57.1 Å². The molecule has 2 amide bonds. The summed E-state index contributed by atoms with van der Waals surface area (Å²) in [6.45, 7) is 4.23. The molecule has 5 rings (SSSR count). The molecule has 29 heavy (non-hydrogen) atoms. The Kier molecular flexibility index (Phi) is 4.03. The van der Waals surface area contributed by atoms with E-state index >= 15 is 0 Å². The molecule has 6 heteroatoms. The van der Waals surface area contributed by atoms with Gasteiger partial charge in [0.25, 0.3) is 0 Å². The van der Waals surface area contributed by atoms with Crippen LogP contribution < -0.4 is 9.64 Å². The van der Waals surface area contributed by atoms with E-state index in [-0.39, 0.29) is 23.8 Å². The monoisotopic (exact) mass is 392 g/mol. The number of amides is 2. The van der Waals surface area contributed by atoms with Gasteiger partial charge in [-0.25, -0.2) is 9.88 Å². The van der Waals surface area contributed by atoms with E-state index in [1.165, 1.54) is 35.1 Å². The number of ether oxygens (including phenoxy) is 2. The Morgan fingerprint density at radius 3 is 2.55 bits per heavy atom. The topological polar surface area (TPSA) is 68.7 Å². The number of nitrogens with zero attached hydrogens (tertiary/aromatic N) is 2. The molecular formula is C23H24N2O4. The normalized spacial score (nSPS) is 21.8. The van der Waals surface area contributed by atoms with E-state index in [4.69, 9.17) is 9.47 Å². The van der Waals surface area contributed by atoms with E-state index < -0.39 is 5.41 Å². The number of benzene rings is 1. The Labute approximate surface area is 169 Å². The lowest BCUT2D eigenvalue weighted by Gasteiger charge is -2.23. The summed E-state index contributed by atoms with van der Waals surface area (Å²) >= 11 is 0. The molecule has 0 bridgehead atoms. The van der Waals surface area contributed by atoms with Crippen molar-refractivity contribution < 1.29 is 19.1 Å². The maximum absolute atomic E-state index is 12.5. The Balaban J connectivity index is 1.36. The van der Waals surface area contributed by atoms with Gasteiger partial charge in [-0.2, -0.15) is 0 Å². The molecular weight excluding hydrogens is 368 g/mol. The van der Waals surface area contributed by atoms with Crippen LogP contribution in [0.5, 0.6) is 11.6 Å². The van der Waals surface area contributed by atoms with Crippen LogP contribution in [-0.4, -0.2) is 16.8 Å². The van der Waals surface area contributed by atoms with E-state index in [0.717, 1.165) is 18.6 Å². The molecule has 1 spiro atoms. The Hall–Kier alpha value is -2.73. The Morgan fingerprint density at radius 1 is 1.10 bits per heavy atom. The van der Waals surface area contributed by atoms with Gasteiger partial charge in [-0.15, -0.1) is 0 Å². The van der Waals surface area contributed by atoms with Gasteiger partial charge in [0.1, 0.15) is 5.75 Å². The third-order valence-corrected chi connectivity index (χ3v) is 6.31. The zero-order valence-corrected chi connectivity index (χ0v) is 16.7. The highest BCUT2D eigenvalue weighted by Crippen LogP contribution is 2.49. The first-order chi connectivity index (χ1) is 13.9. The minimum atomic E-state index is -0.672. The molecule has 6 nitrogen and oxygen atoms in total. The number of anilines is 1. The van der Waals surface area contributed by atoms with Crippen LogP contribution >= 0.6 is 0 Å². The highest BCUT2D eigenvalue weighted by Gasteiger charge is 2.45. The van der Waals surface area contributed by atoms with Crippen molar-refractivity contribution in [2.24, 2.45) is 5.41 Å². The first kappa shape index (κ1) is 18.3. The first-order valence-corrected chi connectivity index (χ1v) is 10.2. The highest BCUT2D eigenvalue weighted by molar-refractivity contribution is 6.22. The fourth-order valence-electron chi connectivity index (χ4n) is 4.72. The molecule has 2 aromatic rings. The minimum absolute atomic E-state index is 0.144. The van der Waals surface area contributed by atoms with Crippen LogP contribution in [-0.2, 0) is 26.5 Å². The number of hydrogen-bond acceptors (Lipinski definition) is 5. The molecule has 1 saturated carbocycles. The van der Waals surface area contributed by atoms with Crippen molar-refractivity contribution in [2.45, 2.75) is 58.2 Å². The van der Waals surface area contributed by atoms with Crippen molar-refractivity contribution >= 4 is 17.5 Å². The van der Waals surface area contributed by atoms with Gasteiger partial charge < -0.3 is 9.47 Å². The first-order valence-electron chi connectivity index (χ1n) is 10.2. The summed E-state index contributed by atoms with van der Waals surface area (Å²) < 4.78 is 12.1. The largest absolute Gasteiger partial charge is 0.439 e. The van der Waals surface area contributed by atoms with Gasteiger partial charge in [-0.3, -0.25) is 9.59 Å². The van der Waals surface area contributed by atoms with Crippen molar-refractivity contribution in [3.05, 3.63) is 47.7 Å². The van der Waals surface area contributed by atoms with Crippen LogP contribution in [0.15, 0.2) is 36.5 Å². The summed E-state index contributed by atoms with van der Waals surface area (Å²) in [5.41, 5.74) is 2.13. The van der Waals surface area contributed by atoms with Gasteiger partial charge in [-0.05, 0) is 42.2 Å². The molecule has 2 fully saturated rings. The summed E-state index contributed by atoms with van der Waals surface area (Å²) in [5, 5.41) is 0. The van der Waals surface area contributed by atoms with Crippen LogP contribution in [0.4, 0.5) is 5.69 Å². The summed E-state index contributed by atoms with van der Waals surface area (Å²) in [5.74, 6) is 0.746. The van der Waals surface area contributed by atoms with Crippen LogP contribution in [0.2, 0.25) is 0 Å². The average molecular weight is 392 g/mol. The van der Waals surface area contributed by atoms with Crippen molar-refractivity contribution in [2.75, 3.05) is 4.90 Å². The Morgan fingerprint density at radius 2 is 1.90 bits per heavy atom. The molecule has 1 saturated heterocycles. The predicted octanol–water partition coefficient (Wildman–Crippen LogP) is 4.46. The molecule has 0 atom stereocenters. The standard InChI is InChI=1S/C23H24N2O4/c1-22(2)12-20(26)25(21(22)27)16-6-8-19(24-13-16)29-17-7-5-15-14-28-23(18(15)11-17)9-3-4-10-23/h5-8,11,13H,3-4,9-10,12,14H2,1-2H3. The van der Waals surface area contributed by atoms with Crippen LogP contribution in [0.25, 0.3) is 0 Å². The van der Waals surface area contributed by atoms with E-state index in [1.54, 1.807) is 26.0 Å². The van der Waals surface area contributed by atoms with Crippen molar-refractivity contribution in [3.63, 3.8) is 0 Å². The van der Waals surface area contributed by atoms with Crippen LogP contribution in [0, 0.1) is 5.41 Å². The number of rotatable bonds is 3. The smallest absolute Gasteiger partial charge is 0.239 e. The summed E-state index contributed by atoms with van der Waals surface area (Å²) in [4.78, 5) is 30.3. The second kappa shape index (κ2) is 6.39. The molecule has 1 aliphatic carbocycles. The molecule has 0 N–H and O–H groups in total. The number of fused-ring (bicyclic) bond motifs is 2. The summed E-state index contributed by atoms with van der Waals surface area (Å²) in [7, 11) is 0. The van der Waals surface area contributed by atoms with Gasteiger partial charge in [0.2, 0.25) is 17.7 Å². The quantitative estimate of drug-likeness (QED) is 0.721. The fourth-order valence-corrected chi connectivity index (χ4v) is 4.72. The maximum atomic E-state index is 12.5. The SMILES string of the molecule is CC1(C)CC(=O)N(c2ccc(Oc3ccc4c(c3)C3(CCCC3)OC4)nc2)C1=O. The van der Waals surface area contributed by atoms with Gasteiger partial charge in [0.05, 0.1) is 29.5 Å². The number of carbonyl (C=O) groups excluding carboxylic acids is 2.